The van der Waals surface area contributed by atoms with Crippen molar-refractivity contribution in [2.45, 2.75) is 19.9 Å². The summed E-state index contributed by atoms with van der Waals surface area (Å²) in [5.74, 6) is -0.508. The second kappa shape index (κ2) is 5.39. The molecule has 22 heavy (non-hydrogen) atoms. The molecule has 112 valence electrons. The van der Waals surface area contributed by atoms with E-state index in [-0.39, 0.29) is 17.0 Å². The number of benzene rings is 2. The van der Waals surface area contributed by atoms with Crippen LogP contribution in [0.25, 0.3) is 16.5 Å². The molecule has 1 heterocycles. The first-order valence-corrected chi connectivity index (χ1v) is 7.17. The van der Waals surface area contributed by atoms with Crippen LogP contribution in [0.15, 0.2) is 53.3 Å². The summed E-state index contributed by atoms with van der Waals surface area (Å²) in [6.07, 6.45) is 0. The number of pyridine rings is 1. The van der Waals surface area contributed by atoms with Gasteiger partial charge in [-0.2, -0.15) is 0 Å². The third kappa shape index (κ3) is 2.12. The summed E-state index contributed by atoms with van der Waals surface area (Å²) in [7, 11) is 0. The van der Waals surface area contributed by atoms with E-state index in [1.807, 2.05) is 44.2 Å². The van der Waals surface area contributed by atoms with Crippen LogP contribution in [0.2, 0.25) is 0 Å². The van der Waals surface area contributed by atoms with Crippen LogP contribution in [-0.2, 0) is 0 Å². The lowest BCUT2D eigenvalue weighted by Crippen LogP contribution is -2.27. The molecule has 0 aliphatic carbocycles. The first-order chi connectivity index (χ1) is 10.5. The number of aromatic nitrogens is 1. The summed E-state index contributed by atoms with van der Waals surface area (Å²) in [4.78, 5) is 12.9. The zero-order valence-corrected chi connectivity index (χ0v) is 12.5. The van der Waals surface area contributed by atoms with E-state index in [1.54, 1.807) is 12.1 Å². The van der Waals surface area contributed by atoms with Crippen molar-refractivity contribution in [2.75, 3.05) is 0 Å². The van der Waals surface area contributed by atoms with Crippen molar-refractivity contribution < 1.29 is 4.39 Å². The van der Waals surface area contributed by atoms with Gasteiger partial charge in [-0.05, 0) is 43.0 Å². The highest BCUT2D eigenvalue weighted by molar-refractivity contribution is 5.86. The summed E-state index contributed by atoms with van der Waals surface area (Å²) in [6.45, 7) is 3.70. The molecule has 1 atom stereocenters. The minimum absolute atomic E-state index is 0.105. The molecule has 0 unspecified atom stereocenters. The number of halogens is 1. The average Bonchev–Trinajstić information content (AvgIpc) is 2.50. The SMILES string of the molecule is Cc1c([C@H](C)N)n(-c2ccccc2)c(=O)c2c(F)cccc12. The fraction of sp³-hybridized carbons (Fsp3) is 0.167. The topological polar surface area (TPSA) is 48.0 Å². The second-order valence-electron chi connectivity index (χ2n) is 5.44. The Kier molecular flexibility index (Phi) is 3.54. The third-order valence-corrected chi connectivity index (χ3v) is 3.91. The number of rotatable bonds is 2. The molecule has 4 heteroatoms. The van der Waals surface area contributed by atoms with Gasteiger partial charge in [0.15, 0.2) is 0 Å². The van der Waals surface area contributed by atoms with Crippen molar-refractivity contribution in [2.24, 2.45) is 5.73 Å². The molecule has 3 nitrogen and oxygen atoms in total. The quantitative estimate of drug-likeness (QED) is 0.787. The molecule has 3 aromatic rings. The molecule has 1 aromatic heterocycles. The van der Waals surface area contributed by atoms with Crippen LogP contribution in [-0.4, -0.2) is 4.57 Å². The zero-order chi connectivity index (χ0) is 15.9. The first-order valence-electron chi connectivity index (χ1n) is 7.17. The van der Waals surface area contributed by atoms with Crippen molar-refractivity contribution in [1.29, 1.82) is 0 Å². The predicted molar refractivity (Wildman–Crippen MR) is 86.8 cm³/mol. The molecule has 0 amide bonds. The Labute approximate surface area is 127 Å². The lowest BCUT2D eigenvalue weighted by atomic mass is 10.0. The molecule has 0 saturated carbocycles. The van der Waals surface area contributed by atoms with Crippen molar-refractivity contribution in [3.63, 3.8) is 0 Å². The average molecular weight is 296 g/mol. The summed E-state index contributed by atoms with van der Waals surface area (Å²) < 4.78 is 15.7. The molecule has 0 spiro atoms. The normalized spacial score (nSPS) is 12.5. The molecule has 2 aromatic carbocycles. The lowest BCUT2D eigenvalue weighted by Gasteiger charge is -2.20. The van der Waals surface area contributed by atoms with E-state index in [1.165, 1.54) is 10.6 Å². The molecular weight excluding hydrogens is 279 g/mol. The van der Waals surface area contributed by atoms with Gasteiger partial charge < -0.3 is 5.73 Å². The fourth-order valence-corrected chi connectivity index (χ4v) is 2.96. The van der Waals surface area contributed by atoms with Crippen LogP contribution in [0.5, 0.6) is 0 Å². The molecule has 0 radical (unpaired) electrons. The number of fused-ring (bicyclic) bond motifs is 1. The second-order valence-corrected chi connectivity index (χ2v) is 5.44. The highest BCUT2D eigenvalue weighted by atomic mass is 19.1. The van der Waals surface area contributed by atoms with Crippen LogP contribution in [0.1, 0.15) is 24.2 Å². The minimum atomic E-state index is -0.508. The molecule has 0 bridgehead atoms. The number of hydrogen-bond donors (Lipinski definition) is 1. The van der Waals surface area contributed by atoms with Crippen LogP contribution < -0.4 is 11.3 Å². The molecule has 3 rings (SSSR count). The summed E-state index contributed by atoms with van der Waals surface area (Å²) >= 11 is 0. The largest absolute Gasteiger partial charge is 0.323 e. The van der Waals surface area contributed by atoms with E-state index >= 15 is 0 Å². The Hall–Kier alpha value is -2.46. The van der Waals surface area contributed by atoms with Crippen molar-refractivity contribution in [3.8, 4) is 5.69 Å². The standard InChI is InChI=1S/C18H17FN2O/c1-11-14-9-6-10-15(19)16(14)18(22)21(17(11)12(2)20)13-7-4-3-5-8-13/h3-10,12H,20H2,1-2H3/t12-/m0/s1. The van der Waals surface area contributed by atoms with E-state index in [2.05, 4.69) is 0 Å². The summed E-state index contributed by atoms with van der Waals surface area (Å²) in [5, 5.41) is 0.720. The molecule has 2 N–H and O–H groups in total. The lowest BCUT2D eigenvalue weighted by molar-refractivity contribution is 0.636. The van der Waals surface area contributed by atoms with Crippen LogP contribution >= 0.6 is 0 Å². The van der Waals surface area contributed by atoms with Crippen LogP contribution in [0.4, 0.5) is 4.39 Å². The Morgan fingerprint density at radius 1 is 1.09 bits per heavy atom. The van der Waals surface area contributed by atoms with Gasteiger partial charge in [0.25, 0.3) is 5.56 Å². The van der Waals surface area contributed by atoms with Gasteiger partial charge in [0.2, 0.25) is 0 Å². The van der Waals surface area contributed by atoms with Gasteiger partial charge >= 0.3 is 0 Å². The fourth-order valence-electron chi connectivity index (χ4n) is 2.96. The molecular formula is C18H17FN2O. The van der Waals surface area contributed by atoms with Gasteiger partial charge in [-0.25, -0.2) is 4.39 Å². The number of nitrogens with zero attached hydrogens (tertiary/aromatic N) is 1. The van der Waals surface area contributed by atoms with E-state index in [0.717, 1.165) is 5.56 Å². The smallest absolute Gasteiger partial charge is 0.266 e. The maximum atomic E-state index is 14.2. The third-order valence-electron chi connectivity index (χ3n) is 3.91. The van der Waals surface area contributed by atoms with Gasteiger partial charge in [-0.1, -0.05) is 30.3 Å². The highest BCUT2D eigenvalue weighted by Crippen LogP contribution is 2.26. The first kappa shape index (κ1) is 14.5. The van der Waals surface area contributed by atoms with Gasteiger partial charge in [0.05, 0.1) is 5.39 Å². The van der Waals surface area contributed by atoms with Crippen molar-refractivity contribution in [1.82, 2.24) is 4.57 Å². The number of aryl methyl sites for hydroxylation is 1. The van der Waals surface area contributed by atoms with Gasteiger partial charge in [0, 0.05) is 17.4 Å². The van der Waals surface area contributed by atoms with Gasteiger partial charge in [0.1, 0.15) is 5.82 Å². The molecule has 0 saturated heterocycles. The van der Waals surface area contributed by atoms with Crippen molar-refractivity contribution in [3.05, 3.63) is 76.0 Å². The van der Waals surface area contributed by atoms with Crippen molar-refractivity contribution >= 4 is 10.8 Å². The monoisotopic (exact) mass is 296 g/mol. The van der Waals surface area contributed by atoms with Gasteiger partial charge in [-0.15, -0.1) is 0 Å². The molecule has 0 aliphatic rings. The van der Waals surface area contributed by atoms with E-state index in [9.17, 15) is 9.18 Å². The Morgan fingerprint density at radius 2 is 1.77 bits per heavy atom. The van der Waals surface area contributed by atoms with E-state index in [0.29, 0.717) is 16.8 Å². The van der Waals surface area contributed by atoms with Crippen LogP contribution in [0.3, 0.4) is 0 Å². The van der Waals surface area contributed by atoms with Crippen LogP contribution in [0, 0.1) is 12.7 Å². The van der Waals surface area contributed by atoms with Gasteiger partial charge in [-0.3, -0.25) is 9.36 Å². The summed E-state index contributed by atoms with van der Waals surface area (Å²) in [5.41, 5.74) is 7.94. The minimum Gasteiger partial charge on any atom is -0.323 e. The molecule has 0 aliphatic heterocycles. The highest BCUT2D eigenvalue weighted by Gasteiger charge is 2.19. The maximum absolute atomic E-state index is 14.2. The molecule has 0 fully saturated rings. The Morgan fingerprint density at radius 3 is 2.41 bits per heavy atom. The van der Waals surface area contributed by atoms with E-state index in [4.69, 9.17) is 5.73 Å². The number of para-hydroxylation sites is 1. The van der Waals surface area contributed by atoms with E-state index < -0.39 is 5.82 Å². The maximum Gasteiger partial charge on any atom is 0.266 e. The zero-order valence-electron chi connectivity index (χ0n) is 12.5. The number of nitrogens with two attached hydrogens (primary N) is 1. The Bertz CT molecular complexity index is 898. The summed E-state index contributed by atoms with van der Waals surface area (Å²) in [6, 6.07) is 13.5. The Balaban J connectivity index is 2.55. The predicted octanol–water partition coefficient (Wildman–Crippen LogP) is 3.46. The number of hydrogen-bond acceptors (Lipinski definition) is 2.